The molecule has 5 nitrogen and oxygen atoms in total. The number of aryl methyl sites for hydroxylation is 1. The Morgan fingerprint density at radius 3 is 2.36 bits per heavy atom. The van der Waals surface area contributed by atoms with Gasteiger partial charge >= 0.3 is 0 Å². The molecule has 1 heterocycles. The Labute approximate surface area is 172 Å². The summed E-state index contributed by atoms with van der Waals surface area (Å²) in [6, 6.07) is 15.6. The number of furan rings is 1. The fourth-order valence-corrected chi connectivity index (χ4v) is 3.64. The second-order valence-electron chi connectivity index (χ2n) is 6.41. The molecule has 28 heavy (non-hydrogen) atoms. The van der Waals surface area contributed by atoms with Gasteiger partial charge in [0.1, 0.15) is 11.5 Å². The van der Waals surface area contributed by atoms with Crippen molar-refractivity contribution >= 4 is 27.5 Å². The third-order valence-electron chi connectivity index (χ3n) is 4.41. The monoisotopic (exact) mass is 443 g/mol. The van der Waals surface area contributed by atoms with Crippen LogP contribution in [0.3, 0.4) is 0 Å². The molecule has 0 aliphatic heterocycles. The van der Waals surface area contributed by atoms with Crippen LogP contribution in [0.2, 0.25) is 0 Å². The summed E-state index contributed by atoms with van der Waals surface area (Å²) in [6.07, 6.45) is 0. The van der Waals surface area contributed by atoms with E-state index in [1.165, 1.54) is 6.92 Å². The number of hydrogen-bond donors (Lipinski definition) is 1. The lowest BCUT2D eigenvalue weighted by Crippen LogP contribution is -2.12. The third-order valence-corrected chi connectivity index (χ3v) is 4.90. The third kappa shape index (κ3) is 4.22. The number of ether oxygens (including phenoxy) is 2. The first kappa shape index (κ1) is 20.0. The Hall–Kier alpha value is -2.73. The maximum absolute atomic E-state index is 11.9. The van der Waals surface area contributed by atoms with Gasteiger partial charge in [0, 0.05) is 23.2 Å². The van der Waals surface area contributed by atoms with Gasteiger partial charge in [-0.1, -0.05) is 28.1 Å². The summed E-state index contributed by atoms with van der Waals surface area (Å²) in [5, 5.41) is 2.91. The van der Waals surface area contributed by atoms with Gasteiger partial charge in [0.25, 0.3) is 0 Å². The van der Waals surface area contributed by atoms with Crippen molar-refractivity contribution in [3.05, 3.63) is 75.7 Å². The Morgan fingerprint density at radius 2 is 1.79 bits per heavy atom. The summed E-state index contributed by atoms with van der Waals surface area (Å²) in [5.41, 5.74) is 2.51. The lowest BCUT2D eigenvalue weighted by molar-refractivity contribution is -0.114. The maximum atomic E-state index is 11.9. The fraction of sp³-hybridized carbons (Fsp3) is 0.227. The van der Waals surface area contributed by atoms with Gasteiger partial charge in [-0.3, -0.25) is 4.79 Å². The number of carbonyl (C=O) groups is 1. The molecule has 3 rings (SSSR count). The number of carbonyl (C=O) groups excluding carboxylic acids is 1. The number of amides is 1. The Bertz CT molecular complexity index is 996. The minimum Gasteiger partial charge on any atom is -0.493 e. The minimum absolute atomic E-state index is 0.169. The average molecular weight is 444 g/mol. The number of methoxy groups -OCH3 is 2. The highest BCUT2D eigenvalue weighted by Gasteiger charge is 2.26. The highest BCUT2D eigenvalue weighted by Crippen LogP contribution is 2.42. The van der Waals surface area contributed by atoms with Gasteiger partial charge in [0.05, 0.1) is 20.1 Å². The molecule has 1 N–H and O–H groups in total. The summed E-state index contributed by atoms with van der Waals surface area (Å²) in [6.45, 7) is 3.39. The van der Waals surface area contributed by atoms with Crippen LogP contribution in [0.15, 0.2) is 57.4 Å². The van der Waals surface area contributed by atoms with Crippen LogP contribution in [-0.2, 0) is 4.79 Å². The predicted molar refractivity (Wildman–Crippen MR) is 112 cm³/mol. The van der Waals surface area contributed by atoms with Crippen molar-refractivity contribution in [3.8, 4) is 11.5 Å². The molecule has 1 aromatic heterocycles. The molecule has 0 unspecified atom stereocenters. The van der Waals surface area contributed by atoms with E-state index in [-0.39, 0.29) is 11.8 Å². The van der Waals surface area contributed by atoms with Crippen molar-refractivity contribution in [1.82, 2.24) is 0 Å². The van der Waals surface area contributed by atoms with Crippen LogP contribution in [0, 0.1) is 6.92 Å². The lowest BCUT2D eigenvalue weighted by atomic mass is 9.87. The second-order valence-corrected chi connectivity index (χ2v) is 7.33. The highest BCUT2D eigenvalue weighted by atomic mass is 79.9. The van der Waals surface area contributed by atoms with E-state index in [0.29, 0.717) is 17.2 Å². The van der Waals surface area contributed by atoms with E-state index in [9.17, 15) is 4.79 Å². The van der Waals surface area contributed by atoms with Crippen molar-refractivity contribution < 1.29 is 18.7 Å². The van der Waals surface area contributed by atoms with Gasteiger partial charge in [0.15, 0.2) is 11.5 Å². The molecule has 0 aliphatic rings. The summed E-state index contributed by atoms with van der Waals surface area (Å²) in [5.74, 6) is 2.30. The molecule has 146 valence electrons. The molecule has 1 amide bonds. The number of hydrogen-bond acceptors (Lipinski definition) is 4. The standard InChI is InChI=1S/C22H22BrNO4/c1-13-8-9-19(28-13)22(15-6-5-7-16(23)10-15)17-11-20(26-3)21(27-4)12-18(17)24-14(2)25/h5-12,22H,1-4H3,(H,24,25)/t22-/m0/s1. The normalized spacial score (nSPS) is 11.8. The highest BCUT2D eigenvalue weighted by molar-refractivity contribution is 9.10. The van der Waals surface area contributed by atoms with Crippen LogP contribution in [0.4, 0.5) is 5.69 Å². The number of rotatable bonds is 6. The van der Waals surface area contributed by atoms with Crippen molar-refractivity contribution in [2.75, 3.05) is 19.5 Å². The van der Waals surface area contributed by atoms with Crippen molar-refractivity contribution in [3.63, 3.8) is 0 Å². The van der Waals surface area contributed by atoms with Crippen LogP contribution in [0.1, 0.15) is 35.5 Å². The molecule has 3 aromatic rings. The molecule has 0 aliphatic carbocycles. The lowest BCUT2D eigenvalue weighted by Gasteiger charge is -2.22. The number of halogens is 1. The van der Waals surface area contributed by atoms with Gasteiger partial charge < -0.3 is 19.2 Å². The van der Waals surface area contributed by atoms with Crippen LogP contribution >= 0.6 is 15.9 Å². The largest absolute Gasteiger partial charge is 0.493 e. The van der Waals surface area contributed by atoms with Gasteiger partial charge in [-0.2, -0.15) is 0 Å². The van der Waals surface area contributed by atoms with E-state index in [1.807, 2.05) is 49.4 Å². The summed E-state index contributed by atoms with van der Waals surface area (Å²) in [4.78, 5) is 11.9. The van der Waals surface area contributed by atoms with E-state index in [1.54, 1.807) is 20.3 Å². The first-order chi connectivity index (χ1) is 13.4. The molecule has 0 spiro atoms. The summed E-state index contributed by atoms with van der Waals surface area (Å²) < 4.78 is 17.9. The quantitative estimate of drug-likeness (QED) is 0.545. The first-order valence-electron chi connectivity index (χ1n) is 8.78. The zero-order chi connectivity index (χ0) is 20.3. The fourth-order valence-electron chi connectivity index (χ4n) is 3.22. The van der Waals surface area contributed by atoms with Crippen LogP contribution < -0.4 is 14.8 Å². The van der Waals surface area contributed by atoms with Gasteiger partial charge in [-0.05, 0) is 48.4 Å². The van der Waals surface area contributed by atoms with Gasteiger partial charge in [-0.25, -0.2) is 0 Å². The predicted octanol–water partition coefficient (Wildman–Crippen LogP) is 5.51. The number of benzene rings is 2. The van der Waals surface area contributed by atoms with E-state index >= 15 is 0 Å². The van der Waals surface area contributed by atoms with Crippen molar-refractivity contribution in [2.24, 2.45) is 0 Å². The van der Waals surface area contributed by atoms with Gasteiger partial charge in [-0.15, -0.1) is 0 Å². The smallest absolute Gasteiger partial charge is 0.221 e. The van der Waals surface area contributed by atoms with E-state index in [4.69, 9.17) is 13.9 Å². The topological polar surface area (TPSA) is 60.7 Å². The minimum atomic E-state index is -0.243. The van der Waals surface area contributed by atoms with Crippen molar-refractivity contribution in [2.45, 2.75) is 19.8 Å². The first-order valence-corrected chi connectivity index (χ1v) is 9.57. The summed E-state index contributed by atoms with van der Waals surface area (Å²) in [7, 11) is 3.15. The molecule has 6 heteroatoms. The van der Waals surface area contributed by atoms with Crippen LogP contribution in [0.25, 0.3) is 0 Å². The molecule has 0 saturated heterocycles. The zero-order valence-corrected chi connectivity index (χ0v) is 17.8. The number of nitrogens with one attached hydrogen (secondary N) is 1. The molecule has 2 aromatic carbocycles. The number of anilines is 1. The summed E-state index contributed by atoms with van der Waals surface area (Å²) >= 11 is 3.55. The Morgan fingerprint density at radius 1 is 1.07 bits per heavy atom. The SMILES string of the molecule is COc1cc(NC(C)=O)c([C@H](c2cccc(Br)c2)c2ccc(C)o2)cc1OC. The molecular formula is C22H22BrNO4. The van der Waals surface area contributed by atoms with Crippen LogP contribution in [0.5, 0.6) is 11.5 Å². The molecule has 0 fully saturated rings. The van der Waals surface area contributed by atoms with E-state index < -0.39 is 0 Å². The molecule has 1 atom stereocenters. The van der Waals surface area contributed by atoms with E-state index in [2.05, 4.69) is 21.2 Å². The molecular weight excluding hydrogens is 422 g/mol. The van der Waals surface area contributed by atoms with Gasteiger partial charge in [0.2, 0.25) is 5.91 Å². The second kappa shape index (κ2) is 8.52. The van der Waals surface area contributed by atoms with E-state index in [0.717, 1.165) is 27.1 Å². The molecule has 0 bridgehead atoms. The van der Waals surface area contributed by atoms with Crippen molar-refractivity contribution in [1.29, 1.82) is 0 Å². The molecule has 0 saturated carbocycles. The van der Waals surface area contributed by atoms with Crippen LogP contribution in [-0.4, -0.2) is 20.1 Å². The zero-order valence-electron chi connectivity index (χ0n) is 16.2. The Balaban J connectivity index is 2.27. The Kier molecular flexibility index (Phi) is 6.09. The average Bonchev–Trinajstić information content (AvgIpc) is 3.08. The molecule has 0 radical (unpaired) electrons. The maximum Gasteiger partial charge on any atom is 0.221 e.